The molecule has 0 aliphatic carbocycles. The molecule has 0 amide bonds. The fourth-order valence-corrected chi connectivity index (χ4v) is 4.46. The first-order valence-corrected chi connectivity index (χ1v) is 9.71. The predicted octanol–water partition coefficient (Wildman–Crippen LogP) is 3.45. The van der Waals surface area contributed by atoms with Crippen LogP contribution in [-0.4, -0.2) is 18.6 Å². The van der Waals surface area contributed by atoms with Gasteiger partial charge in [0.2, 0.25) is 21.8 Å². The number of rotatable bonds is 5. The van der Waals surface area contributed by atoms with E-state index in [0.29, 0.717) is 21.9 Å². The van der Waals surface area contributed by atoms with E-state index in [1.807, 2.05) is 50.2 Å². The molecule has 2 aromatic carbocycles. The van der Waals surface area contributed by atoms with Gasteiger partial charge < -0.3 is 4.42 Å². The van der Waals surface area contributed by atoms with Crippen LogP contribution in [0.5, 0.6) is 0 Å². The third kappa shape index (κ3) is 3.84. The first kappa shape index (κ1) is 18.3. The lowest BCUT2D eigenvalue weighted by atomic mass is 10.1. The molecule has 136 valence electrons. The van der Waals surface area contributed by atoms with Gasteiger partial charge in [-0.3, -0.25) is 0 Å². The summed E-state index contributed by atoms with van der Waals surface area (Å²) in [6, 6.07) is 11.4. The minimum atomic E-state index is -3.68. The van der Waals surface area contributed by atoms with Crippen LogP contribution in [0.3, 0.4) is 0 Å². The second-order valence-electron chi connectivity index (χ2n) is 6.42. The van der Waals surface area contributed by atoms with E-state index in [0.717, 1.165) is 16.7 Å². The van der Waals surface area contributed by atoms with Gasteiger partial charge >= 0.3 is 0 Å². The van der Waals surface area contributed by atoms with Crippen molar-refractivity contribution in [1.82, 2.24) is 14.9 Å². The van der Waals surface area contributed by atoms with Crippen LogP contribution in [0, 0.1) is 27.7 Å². The van der Waals surface area contributed by atoms with Crippen LogP contribution in [0.4, 0.5) is 0 Å². The minimum Gasteiger partial charge on any atom is -0.419 e. The molecule has 0 unspecified atom stereocenters. The van der Waals surface area contributed by atoms with Crippen LogP contribution in [0.25, 0.3) is 11.5 Å². The van der Waals surface area contributed by atoms with E-state index in [4.69, 9.17) is 4.42 Å². The molecule has 3 rings (SSSR count). The summed E-state index contributed by atoms with van der Waals surface area (Å²) in [5.74, 6) is 0.582. The molecule has 26 heavy (non-hydrogen) atoms. The Morgan fingerprint density at radius 1 is 0.962 bits per heavy atom. The highest BCUT2D eigenvalue weighted by atomic mass is 32.2. The number of benzene rings is 2. The summed E-state index contributed by atoms with van der Waals surface area (Å²) in [5.41, 5.74) is 4.32. The Labute approximate surface area is 153 Å². The molecule has 0 spiro atoms. The topological polar surface area (TPSA) is 85.1 Å². The van der Waals surface area contributed by atoms with Crippen LogP contribution in [0.1, 0.15) is 28.1 Å². The van der Waals surface area contributed by atoms with Gasteiger partial charge in [-0.15, -0.1) is 10.2 Å². The quantitative estimate of drug-likeness (QED) is 0.742. The van der Waals surface area contributed by atoms with Crippen molar-refractivity contribution >= 4 is 10.0 Å². The standard InChI is InChI=1S/C19H21N3O3S/c1-12-6-5-7-16(10-12)19-22-21-17(25-19)11-20-26(23,24)18-14(3)8-13(2)9-15(18)4/h5-10,20H,11H2,1-4H3. The lowest BCUT2D eigenvalue weighted by molar-refractivity contribution is 0.494. The van der Waals surface area contributed by atoms with Gasteiger partial charge in [-0.05, 0) is 51.0 Å². The molecule has 0 saturated carbocycles. The van der Waals surface area contributed by atoms with Gasteiger partial charge in [0.1, 0.15) is 0 Å². The van der Waals surface area contributed by atoms with E-state index >= 15 is 0 Å². The maximum Gasteiger partial charge on any atom is 0.247 e. The molecular weight excluding hydrogens is 350 g/mol. The van der Waals surface area contributed by atoms with Crippen molar-refractivity contribution in [2.45, 2.75) is 39.1 Å². The molecule has 0 saturated heterocycles. The smallest absolute Gasteiger partial charge is 0.247 e. The number of hydrogen-bond acceptors (Lipinski definition) is 5. The molecule has 0 bridgehead atoms. The van der Waals surface area contributed by atoms with E-state index in [1.54, 1.807) is 13.8 Å². The summed E-state index contributed by atoms with van der Waals surface area (Å²) >= 11 is 0. The number of sulfonamides is 1. The van der Waals surface area contributed by atoms with Gasteiger partial charge in [-0.25, -0.2) is 13.1 Å². The molecule has 0 aliphatic heterocycles. The number of nitrogens with one attached hydrogen (secondary N) is 1. The highest BCUT2D eigenvalue weighted by Gasteiger charge is 2.21. The normalized spacial score (nSPS) is 11.7. The highest BCUT2D eigenvalue weighted by molar-refractivity contribution is 7.89. The number of hydrogen-bond donors (Lipinski definition) is 1. The molecule has 6 nitrogen and oxygen atoms in total. The molecule has 3 aromatic rings. The number of nitrogens with zero attached hydrogens (tertiary/aromatic N) is 2. The predicted molar refractivity (Wildman–Crippen MR) is 99.1 cm³/mol. The summed E-state index contributed by atoms with van der Waals surface area (Å²) in [5, 5.41) is 7.93. The fourth-order valence-electron chi connectivity index (χ4n) is 3.04. The molecule has 0 atom stereocenters. The Morgan fingerprint density at radius 2 is 1.65 bits per heavy atom. The lowest BCUT2D eigenvalue weighted by Gasteiger charge is -2.12. The largest absolute Gasteiger partial charge is 0.419 e. The monoisotopic (exact) mass is 371 g/mol. The van der Waals surface area contributed by atoms with E-state index in [2.05, 4.69) is 14.9 Å². The minimum absolute atomic E-state index is 0.0616. The molecule has 0 radical (unpaired) electrons. The van der Waals surface area contributed by atoms with Crippen molar-refractivity contribution < 1.29 is 12.8 Å². The van der Waals surface area contributed by atoms with Crippen LogP contribution in [-0.2, 0) is 16.6 Å². The number of aromatic nitrogens is 2. The molecule has 0 fully saturated rings. The second kappa shape index (κ2) is 7.01. The van der Waals surface area contributed by atoms with Crippen molar-refractivity contribution in [2.75, 3.05) is 0 Å². The van der Waals surface area contributed by atoms with Crippen molar-refractivity contribution in [3.05, 3.63) is 64.5 Å². The van der Waals surface area contributed by atoms with E-state index < -0.39 is 10.0 Å². The summed E-state index contributed by atoms with van der Waals surface area (Å²) in [6.45, 7) is 7.43. The van der Waals surface area contributed by atoms with Crippen LogP contribution < -0.4 is 4.72 Å². The van der Waals surface area contributed by atoms with Gasteiger partial charge in [0.15, 0.2) is 0 Å². The van der Waals surface area contributed by atoms with Gasteiger partial charge in [-0.1, -0.05) is 35.4 Å². The maximum absolute atomic E-state index is 12.7. The van der Waals surface area contributed by atoms with E-state index in [9.17, 15) is 8.42 Å². The van der Waals surface area contributed by atoms with Gasteiger partial charge in [0.05, 0.1) is 11.4 Å². The van der Waals surface area contributed by atoms with Crippen LogP contribution in [0.15, 0.2) is 45.7 Å². The SMILES string of the molecule is Cc1cccc(-c2nnc(CNS(=O)(=O)c3c(C)cc(C)cc3C)o2)c1. The Kier molecular flexibility index (Phi) is 4.93. The number of aryl methyl sites for hydroxylation is 4. The van der Waals surface area contributed by atoms with Crippen LogP contribution >= 0.6 is 0 Å². The Morgan fingerprint density at radius 3 is 2.31 bits per heavy atom. The average Bonchev–Trinajstić information content (AvgIpc) is 3.01. The van der Waals surface area contributed by atoms with Gasteiger partial charge in [0, 0.05) is 5.56 Å². The van der Waals surface area contributed by atoms with Crippen molar-refractivity contribution in [2.24, 2.45) is 0 Å². The third-order valence-corrected chi connectivity index (χ3v) is 5.72. The zero-order chi connectivity index (χ0) is 18.9. The lowest BCUT2D eigenvalue weighted by Crippen LogP contribution is -2.25. The molecule has 0 aliphatic rings. The first-order chi connectivity index (χ1) is 12.3. The third-order valence-electron chi connectivity index (χ3n) is 4.02. The van der Waals surface area contributed by atoms with Gasteiger partial charge in [-0.2, -0.15) is 0 Å². The molecule has 1 aromatic heterocycles. The average molecular weight is 371 g/mol. The van der Waals surface area contributed by atoms with Crippen molar-refractivity contribution in [3.63, 3.8) is 0 Å². The molecule has 1 N–H and O–H groups in total. The van der Waals surface area contributed by atoms with Crippen molar-refractivity contribution in [1.29, 1.82) is 0 Å². The summed E-state index contributed by atoms with van der Waals surface area (Å²) in [6.07, 6.45) is 0. The fraction of sp³-hybridized carbons (Fsp3) is 0.263. The van der Waals surface area contributed by atoms with E-state index in [-0.39, 0.29) is 12.4 Å². The summed E-state index contributed by atoms with van der Waals surface area (Å²) in [4.78, 5) is 0.293. The molecule has 1 heterocycles. The summed E-state index contributed by atoms with van der Waals surface area (Å²) in [7, 11) is -3.68. The molecule has 7 heteroatoms. The van der Waals surface area contributed by atoms with Crippen LogP contribution in [0.2, 0.25) is 0 Å². The summed E-state index contributed by atoms with van der Waals surface area (Å²) < 4.78 is 33.5. The Balaban J connectivity index is 1.79. The highest BCUT2D eigenvalue weighted by Crippen LogP contribution is 2.22. The maximum atomic E-state index is 12.7. The van der Waals surface area contributed by atoms with Gasteiger partial charge in [0.25, 0.3) is 0 Å². The Hall–Kier alpha value is -2.51. The first-order valence-electron chi connectivity index (χ1n) is 8.23. The molecular formula is C19H21N3O3S. The van der Waals surface area contributed by atoms with E-state index in [1.165, 1.54) is 0 Å². The zero-order valence-electron chi connectivity index (χ0n) is 15.2. The Bertz CT molecular complexity index is 1030. The zero-order valence-corrected chi connectivity index (χ0v) is 16.0. The van der Waals surface area contributed by atoms with Crippen molar-refractivity contribution in [3.8, 4) is 11.5 Å². The second-order valence-corrected chi connectivity index (χ2v) is 8.13.